The molecule has 2 rings (SSSR count). The highest BCUT2D eigenvalue weighted by Crippen LogP contribution is 2.30. The first kappa shape index (κ1) is 17.3. The van der Waals surface area contributed by atoms with Crippen molar-refractivity contribution in [1.29, 1.82) is 0 Å². The molecule has 0 saturated carbocycles. The first-order chi connectivity index (χ1) is 10.9. The zero-order chi connectivity index (χ0) is 17.0. The van der Waals surface area contributed by atoms with E-state index in [0.717, 1.165) is 17.5 Å². The van der Waals surface area contributed by atoms with E-state index in [1.165, 1.54) is 0 Å². The third kappa shape index (κ3) is 3.85. The van der Waals surface area contributed by atoms with E-state index in [2.05, 4.69) is 4.72 Å². The van der Waals surface area contributed by atoms with E-state index < -0.39 is 10.0 Å². The van der Waals surface area contributed by atoms with Crippen LogP contribution in [0.2, 0.25) is 0 Å². The highest BCUT2D eigenvalue weighted by atomic mass is 32.2. The molecule has 0 aliphatic carbocycles. The molecule has 1 N–H and O–H groups in total. The number of hydrogen-bond donors (Lipinski definition) is 1. The SMILES string of the molecule is CCc1ccccc1NS(=O)(=O)c1ccc(OC)c(C(C)C)c1. The van der Waals surface area contributed by atoms with Crippen LogP contribution < -0.4 is 9.46 Å². The number of methoxy groups -OCH3 is 1. The van der Waals surface area contributed by atoms with Gasteiger partial charge in [0.1, 0.15) is 5.75 Å². The number of hydrogen-bond acceptors (Lipinski definition) is 3. The van der Waals surface area contributed by atoms with Crippen molar-refractivity contribution in [2.75, 3.05) is 11.8 Å². The summed E-state index contributed by atoms with van der Waals surface area (Å²) in [4.78, 5) is 0.243. The van der Waals surface area contributed by atoms with Crippen LogP contribution in [0.1, 0.15) is 37.8 Å². The van der Waals surface area contributed by atoms with E-state index in [4.69, 9.17) is 4.74 Å². The third-order valence-corrected chi connectivity index (χ3v) is 5.14. The fourth-order valence-electron chi connectivity index (χ4n) is 2.46. The van der Waals surface area contributed by atoms with Crippen molar-refractivity contribution in [3.63, 3.8) is 0 Å². The molecule has 0 bridgehead atoms. The average Bonchev–Trinajstić information content (AvgIpc) is 2.54. The summed E-state index contributed by atoms with van der Waals surface area (Å²) in [7, 11) is -2.04. The Morgan fingerprint density at radius 2 is 1.83 bits per heavy atom. The summed E-state index contributed by atoms with van der Waals surface area (Å²) < 4.78 is 33.4. The number of para-hydroxylation sites is 1. The summed E-state index contributed by atoms with van der Waals surface area (Å²) in [6.07, 6.45) is 0.762. The average molecular weight is 333 g/mol. The second-order valence-electron chi connectivity index (χ2n) is 5.67. The van der Waals surface area contributed by atoms with Gasteiger partial charge in [0.15, 0.2) is 0 Å². The van der Waals surface area contributed by atoms with Gasteiger partial charge in [0.2, 0.25) is 0 Å². The summed E-state index contributed by atoms with van der Waals surface area (Å²) in [6.45, 7) is 6.01. The smallest absolute Gasteiger partial charge is 0.261 e. The maximum atomic E-state index is 12.7. The number of sulfonamides is 1. The maximum Gasteiger partial charge on any atom is 0.261 e. The second kappa shape index (κ2) is 7.04. The summed E-state index contributed by atoms with van der Waals surface area (Å²) in [5, 5.41) is 0. The van der Waals surface area contributed by atoms with Crippen LogP contribution in [0.5, 0.6) is 5.75 Å². The molecule has 5 heteroatoms. The molecule has 0 radical (unpaired) electrons. The van der Waals surface area contributed by atoms with Gasteiger partial charge in [0.25, 0.3) is 10.0 Å². The van der Waals surface area contributed by atoms with Crippen LogP contribution in [0.4, 0.5) is 5.69 Å². The lowest BCUT2D eigenvalue weighted by atomic mass is 10.0. The first-order valence-electron chi connectivity index (χ1n) is 7.67. The van der Waals surface area contributed by atoms with Crippen LogP contribution in [-0.4, -0.2) is 15.5 Å². The normalized spacial score (nSPS) is 11.5. The van der Waals surface area contributed by atoms with Crippen molar-refractivity contribution < 1.29 is 13.2 Å². The number of anilines is 1. The molecule has 0 heterocycles. The molecule has 23 heavy (non-hydrogen) atoms. The van der Waals surface area contributed by atoms with Gasteiger partial charge in [-0.25, -0.2) is 8.42 Å². The zero-order valence-electron chi connectivity index (χ0n) is 14.0. The Balaban J connectivity index is 2.42. The summed E-state index contributed by atoms with van der Waals surface area (Å²) in [5.41, 5.74) is 2.46. The summed E-state index contributed by atoms with van der Waals surface area (Å²) in [6, 6.07) is 12.4. The lowest BCUT2D eigenvalue weighted by molar-refractivity contribution is 0.407. The Morgan fingerprint density at radius 3 is 2.43 bits per heavy atom. The quantitative estimate of drug-likeness (QED) is 0.862. The molecule has 2 aromatic rings. The Hall–Kier alpha value is -2.01. The fourth-order valence-corrected chi connectivity index (χ4v) is 3.60. The lowest BCUT2D eigenvalue weighted by Gasteiger charge is -2.15. The van der Waals surface area contributed by atoms with E-state index >= 15 is 0 Å². The minimum absolute atomic E-state index is 0.169. The monoisotopic (exact) mass is 333 g/mol. The highest BCUT2D eigenvalue weighted by Gasteiger charge is 2.18. The van der Waals surface area contributed by atoms with Crippen LogP contribution in [0.25, 0.3) is 0 Å². The maximum absolute atomic E-state index is 12.7. The van der Waals surface area contributed by atoms with Gasteiger partial charge in [0.05, 0.1) is 17.7 Å². The Morgan fingerprint density at radius 1 is 1.13 bits per heavy atom. The van der Waals surface area contributed by atoms with Crippen LogP contribution >= 0.6 is 0 Å². The van der Waals surface area contributed by atoms with E-state index in [0.29, 0.717) is 11.4 Å². The number of aryl methyl sites for hydroxylation is 1. The lowest BCUT2D eigenvalue weighted by Crippen LogP contribution is -2.14. The van der Waals surface area contributed by atoms with Crippen molar-refractivity contribution >= 4 is 15.7 Å². The number of nitrogens with one attached hydrogen (secondary N) is 1. The van der Waals surface area contributed by atoms with Gasteiger partial charge >= 0.3 is 0 Å². The molecule has 0 aromatic heterocycles. The molecule has 0 unspecified atom stereocenters. The molecule has 0 aliphatic rings. The molecule has 0 saturated heterocycles. The molecule has 124 valence electrons. The van der Waals surface area contributed by atoms with Gasteiger partial charge in [-0.05, 0) is 47.7 Å². The highest BCUT2D eigenvalue weighted by molar-refractivity contribution is 7.92. The Bertz CT molecular complexity index is 783. The summed E-state index contributed by atoms with van der Waals surface area (Å²) >= 11 is 0. The van der Waals surface area contributed by atoms with Crippen LogP contribution in [0, 0.1) is 0 Å². The first-order valence-corrected chi connectivity index (χ1v) is 9.16. The molecule has 2 aromatic carbocycles. The minimum atomic E-state index is -3.63. The molecule has 0 spiro atoms. The zero-order valence-corrected chi connectivity index (χ0v) is 14.8. The van der Waals surface area contributed by atoms with Crippen LogP contribution in [0.3, 0.4) is 0 Å². The fraction of sp³-hybridized carbons (Fsp3) is 0.333. The molecule has 0 aliphatic heterocycles. The molecule has 4 nitrogen and oxygen atoms in total. The largest absolute Gasteiger partial charge is 0.496 e. The number of benzene rings is 2. The summed E-state index contributed by atoms with van der Waals surface area (Å²) in [5.74, 6) is 0.871. The standard InChI is InChI=1S/C18H23NO3S/c1-5-14-8-6-7-9-17(14)19-23(20,21)15-10-11-18(22-4)16(12-15)13(2)3/h6-13,19H,5H2,1-4H3. The molecule has 0 atom stereocenters. The minimum Gasteiger partial charge on any atom is -0.496 e. The van der Waals surface area contributed by atoms with Crippen molar-refractivity contribution in [1.82, 2.24) is 0 Å². The number of rotatable bonds is 6. The van der Waals surface area contributed by atoms with Crippen molar-refractivity contribution in [3.05, 3.63) is 53.6 Å². The van der Waals surface area contributed by atoms with E-state index in [1.807, 2.05) is 39.0 Å². The predicted molar refractivity (Wildman–Crippen MR) is 93.7 cm³/mol. The van der Waals surface area contributed by atoms with Gasteiger partial charge in [-0.3, -0.25) is 4.72 Å². The molecule has 0 amide bonds. The third-order valence-electron chi connectivity index (χ3n) is 3.78. The van der Waals surface area contributed by atoms with E-state index in [9.17, 15) is 8.42 Å². The van der Waals surface area contributed by atoms with Crippen molar-refractivity contribution in [2.45, 2.75) is 38.0 Å². The van der Waals surface area contributed by atoms with Crippen LogP contribution in [-0.2, 0) is 16.4 Å². The van der Waals surface area contributed by atoms with E-state index in [-0.39, 0.29) is 10.8 Å². The second-order valence-corrected chi connectivity index (χ2v) is 7.36. The number of ether oxygens (including phenoxy) is 1. The van der Waals surface area contributed by atoms with Crippen LogP contribution in [0.15, 0.2) is 47.4 Å². The van der Waals surface area contributed by atoms with Gasteiger partial charge in [0, 0.05) is 0 Å². The topological polar surface area (TPSA) is 55.4 Å². The molecular weight excluding hydrogens is 310 g/mol. The van der Waals surface area contributed by atoms with Crippen molar-refractivity contribution in [3.8, 4) is 5.75 Å². The molecular formula is C18H23NO3S. The van der Waals surface area contributed by atoms with Gasteiger partial charge in [-0.1, -0.05) is 39.0 Å². The molecule has 0 fully saturated rings. The van der Waals surface area contributed by atoms with Gasteiger partial charge in [-0.15, -0.1) is 0 Å². The van der Waals surface area contributed by atoms with Crippen molar-refractivity contribution in [2.24, 2.45) is 0 Å². The van der Waals surface area contributed by atoms with E-state index in [1.54, 1.807) is 31.4 Å². The Kier molecular flexibility index (Phi) is 5.31. The Labute approximate surface area is 138 Å². The van der Waals surface area contributed by atoms with Gasteiger partial charge in [-0.2, -0.15) is 0 Å². The van der Waals surface area contributed by atoms with Gasteiger partial charge < -0.3 is 4.74 Å². The predicted octanol–water partition coefficient (Wildman–Crippen LogP) is 4.18.